The van der Waals surface area contributed by atoms with Crippen LogP contribution in [0.15, 0.2) is 20.3 Å². The Balaban J connectivity index is 3.18. The number of aryl methyl sites for hydroxylation is 1. The Kier molecular flexibility index (Phi) is 5.10. The normalized spacial score (nSPS) is 11.2. The Morgan fingerprint density at radius 2 is 2.28 bits per heavy atom. The second-order valence-electron chi connectivity index (χ2n) is 3.39. The fourth-order valence-corrected chi connectivity index (χ4v) is 1.46. The summed E-state index contributed by atoms with van der Waals surface area (Å²) in [6.07, 6.45) is 1.20. The van der Waals surface area contributed by atoms with Gasteiger partial charge in [0.1, 0.15) is 0 Å². The predicted molar refractivity (Wildman–Crippen MR) is 68.4 cm³/mol. The minimum absolute atomic E-state index is 0.0587. The van der Waals surface area contributed by atoms with Crippen LogP contribution in [0.3, 0.4) is 0 Å². The molecule has 1 heterocycles. The lowest BCUT2D eigenvalue weighted by Crippen LogP contribution is -2.19. The first-order valence-corrected chi connectivity index (χ1v) is 5.65. The van der Waals surface area contributed by atoms with E-state index in [-0.39, 0.29) is 11.9 Å². The van der Waals surface area contributed by atoms with Crippen molar-refractivity contribution in [2.24, 2.45) is 4.99 Å². The van der Waals surface area contributed by atoms with Crippen molar-refractivity contribution in [3.05, 3.63) is 27.6 Å². The van der Waals surface area contributed by atoms with Gasteiger partial charge in [0.15, 0.2) is 6.29 Å². The Morgan fingerprint density at radius 3 is 2.78 bits per heavy atom. The van der Waals surface area contributed by atoms with E-state index in [1.807, 2.05) is 6.92 Å². The SMILES string of the molecule is CCOC(=NC)Nc1oc(=O)cc(CC)c1C=O. The average molecular weight is 252 g/mol. The lowest BCUT2D eigenvalue weighted by atomic mass is 10.1. The Labute approximate surface area is 105 Å². The molecule has 6 heteroatoms. The summed E-state index contributed by atoms with van der Waals surface area (Å²) in [5.41, 5.74) is 0.403. The largest absolute Gasteiger partial charge is 0.465 e. The van der Waals surface area contributed by atoms with E-state index in [0.717, 1.165) is 0 Å². The van der Waals surface area contributed by atoms with Crippen molar-refractivity contribution in [1.82, 2.24) is 0 Å². The number of carbonyl (C=O) groups excluding carboxylic acids is 1. The van der Waals surface area contributed by atoms with Crippen molar-refractivity contribution in [1.29, 1.82) is 0 Å². The third-order valence-corrected chi connectivity index (χ3v) is 2.29. The maximum atomic E-state index is 11.4. The van der Waals surface area contributed by atoms with Crippen LogP contribution < -0.4 is 10.9 Å². The lowest BCUT2D eigenvalue weighted by molar-refractivity contribution is 0.112. The summed E-state index contributed by atoms with van der Waals surface area (Å²) in [7, 11) is 1.53. The first kappa shape index (κ1) is 14.0. The fraction of sp³-hybridized carbons (Fsp3) is 0.417. The van der Waals surface area contributed by atoms with E-state index in [1.54, 1.807) is 6.92 Å². The smallest absolute Gasteiger partial charge is 0.337 e. The van der Waals surface area contributed by atoms with E-state index in [1.165, 1.54) is 13.1 Å². The van der Waals surface area contributed by atoms with Gasteiger partial charge in [-0.05, 0) is 18.9 Å². The van der Waals surface area contributed by atoms with Gasteiger partial charge in [-0.2, -0.15) is 0 Å². The number of amidine groups is 1. The number of hydrogen-bond donors (Lipinski definition) is 1. The van der Waals surface area contributed by atoms with Gasteiger partial charge >= 0.3 is 5.63 Å². The van der Waals surface area contributed by atoms with Crippen LogP contribution in [0.25, 0.3) is 0 Å². The van der Waals surface area contributed by atoms with Crippen molar-refractivity contribution < 1.29 is 13.9 Å². The first-order chi connectivity index (χ1) is 8.65. The number of carbonyl (C=O) groups is 1. The minimum Gasteiger partial charge on any atom is -0.465 e. The predicted octanol–water partition coefficient (Wildman–Crippen LogP) is 1.45. The summed E-state index contributed by atoms with van der Waals surface area (Å²) in [6, 6.07) is 1.50. The van der Waals surface area contributed by atoms with Crippen molar-refractivity contribution in [2.75, 3.05) is 19.0 Å². The number of aldehydes is 1. The van der Waals surface area contributed by atoms with Crippen LogP contribution in [0.1, 0.15) is 29.8 Å². The molecule has 0 bridgehead atoms. The molecule has 0 saturated heterocycles. The zero-order chi connectivity index (χ0) is 13.5. The standard InChI is InChI=1S/C12H16N2O4/c1-4-8-6-10(16)18-11(9(8)7-15)14-12(13-3)17-5-2/h6-7H,4-5H2,1-3H3,(H,13,14). The molecule has 98 valence electrons. The Morgan fingerprint density at radius 1 is 1.56 bits per heavy atom. The molecule has 0 fully saturated rings. The topological polar surface area (TPSA) is 80.9 Å². The van der Waals surface area contributed by atoms with E-state index in [9.17, 15) is 9.59 Å². The van der Waals surface area contributed by atoms with Crippen LogP contribution in [-0.2, 0) is 11.2 Å². The van der Waals surface area contributed by atoms with Gasteiger partial charge in [-0.3, -0.25) is 10.1 Å². The average Bonchev–Trinajstić information content (AvgIpc) is 2.37. The molecule has 0 atom stereocenters. The van der Waals surface area contributed by atoms with Gasteiger partial charge < -0.3 is 9.15 Å². The molecule has 0 aliphatic carbocycles. The molecule has 0 saturated carbocycles. The highest BCUT2D eigenvalue weighted by molar-refractivity contribution is 5.93. The van der Waals surface area contributed by atoms with Gasteiger partial charge in [0.2, 0.25) is 5.88 Å². The quantitative estimate of drug-likeness (QED) is 0.498. The molecule has 1 aromatic heterocycles. The first-order valence-electron chi connectivity index (χ1n) is 5.65. The van der Waals surface area contributed by atoms with Gasteiger partial charge in [0.25, 0.3) is 6.02 Å². The zero-order valence-corrected chi connectivity index (χ0v) is 10.6. The number of nitrogens with zero attached hydrogens (tertiary/aromatic N) is 1. The molecule has 18 heavy (non-hydrogen) atoms. The maximum absolute atomic E-state index is 11.4. The number of rotatable bonds is 4. The van der Waals surface area contributed by atoms with E-state index in [2.05, 4.69) is 10.3 Å². The number of aliphatic imine (C=N–C) groups is 1. The Bertz CT molecular complexity index is 505. The van der Waals surface area contributed by atoms with Gasteiger partial charge in [0.05, 0.1) is 12.2 Å². The third kappa shape index (κ3) is 3.19. The maximum Gasteiger partial charge on any atom is 0.337 e. The second kappa shape index (κ2) is 6.58. The molecule has 6 nitrogen and oxygen atoms in total. The minimum atomic E-state index is -0.521. The summed E-state index contributed by atoms with van der Waals surface area (Å²) in [6.45, 7) is 4.06. The molecule has 1 rings (SSSR count). The molecule has 0 amide bonds. The molecule has 0 unspecified atom stereocenters. The van der Waals surface area contributed by atoms with E-state index >= 15 is 0 Å². The van der Waals surface area contributed by atoms with Crippen molar-refractivity contribution >= 4 is 18.2 Å². The fourth-order valence-electron chi connectivity index (χ4n) is 1.46. The van der Waals surface area contributed by atoms with Crippen molar-refractivity contribution in [3.63, 3.8) is 0 Å². The molecule has 1 aromatic rings. The monoisotopic (exact) mass is 252 g/mol. The molecular weight excluding hydrogens is 236 g/mol. The highest BCUT2D eigenvalue weighted by atomic mass is 16.5. The summed E-state index contributed by atoms with van der Waals surface area (Å²) in [4.78, 5) is 26.3. The third-order valence-electron chi connectivity index (χ3n) is 2.29. The zero-order valence-electron chi connectivity index (χ0n) is 10.6. The van der Waals surface area contributed by atoms with Gasteiger partial charge in [0, 0.05) is 13.1 Å². The number of hydrogen-bond acceptors (Lipinski definition) is 5. The summed E-state index contributed by atoms with van der Waals surface area (Å²) in [5, 5.41) is 2.69. The van der Waals surface area contributed by atoms with Crippen molar-refractivity contribution in [3.8, 4) is 0 Å². The second-order valence-corrected chi connectivity index (χ2v) is 3.39. The Hall–Kier alpha value is -2.11. The van der Waals surface area contributed by atoms with Crippen LogP contribution in [0.4, 0.5) is 5.88 Å². The molecule has 0 aliphatic rings. The molecule has 0 spiro atoms. The highest BCUT2D eigenvalue weighted by Gasteiger charge is 2.13. The lowest BCUT2D eigenvalue weighted by Gasteiger charge is -2.11. The van der Waals surface area contributed by atoms with Crippen LogP contribution in [-0.4, -0.2) is 26.0 Å². The number of nitrogens with one attached hydrogen (secondary N) is 1. The van der Waals surface area contributed by atoms with Crippen LogP contribution >= 0.6 is 0 Å². The molecule has 0 aliphatic heterocycles. The van der Waals surface area contributed by atoms with Crippen LogP contribution in [0.5, 0.6) is 0 Å². The van der Waals surface area contributed by atoms with Crippen LogP contribution in [0.2, 0.25) is 0 Å². The molecule has 1 N–H and O–H groups in total. The van der Waals surface area contributed by atoms with E-state index in [4.69, 9.17) is 9.15 Å². The van der Waals surface area contributed by atoms with Gasteiger partial charge in [-0.15, -0.1) is 0 Å². The molecular formula is C12H16N2O4. The van der Waals surface area contributed by atoms with Gasteiger partial charge in [-0.25, -0.2) is 9.79 Å². The highest BCUT2D eigenvalue weighted by Crippen LogP contribution is 2.16. The molecule has 0 radical (unpaired) electrons. The van der Waals surface area contributed by atoms with Gasteiger partial charge in [-0.1, -0.05) is 6.92 Å². The number of anilines is 1. The van der Waals surface area contributed by atoms with Crippen molar-refractivity contribution in [2.45, 2.75) is 20.3 Å². The van der Waals surface area contributed by atoms with E-state index in [0.29, 0.717) is 30.4 Å². The summed E-state index contributed by atoms with van der Waals surface area (Å²) in [5.74, 6) is 0.0587. The summed E-state index contributed by atoms with van der Waals surface area (Å²) >= 11 is 0. The van der Waals surface area contributed by atoms with E-state index < -0.39 is 5.63 Å². The number of ether oxygens (including phenoxy) is 1. The summed E-state index contributed by atoms with van der Waals surface area (Å²) < 4.78 is 10.1. The molecule has 0 aromatic carbocycles. The van der Waals surface area contributed by atoms with Crippen LogP contribution in [0, 0.1) is 0 Å².